The fraction of sp³-hybridized carbons (Fsp3) is 0.179. The number of aromatic nitrogens is 2. The van der Waals surface area contributed by atoms with Gasteiger partial charge in [0, 0.05) is 34.5 Å². The van der Waals surface area contributed by atoms with Crippen LogP contribution in [0.2, 0.25) is 0 Å². The largest absolute Gasteiger partial charge is 0.493 e. The van der Waals surface area contributed by atoms with Gasteiger partial charge in [0.15, 0.2) is 23.0 Å². The van der Waals surface area contributed by atoms with E-state index in [4.69, 9.17) is 28.9 Å². The Kier molecular flexibility index (Phi) is 9.57. The minimum atomic E-state index is -0.397. The Morgan fingerprint density at radius 1 is 0.592 bits per heavy atom. The Morgan fingerprint density at radius 3 is 1.51 bits per heavy atom. The van der Waals surface area contributed by atoms with Gasteiger partial charge in [0.25, 0.3) is 11.8 Å². The molecule has 0 aliphatic rings. The molecule has 0 spiro atoms. The lowest BCUT2D eigenvalue weighted by molar-refractivity contribution is 0.0914. The quantitative estimate of drug-likeness (QED) is 0.158. The van der Waals surface area contributed by atoms with Crippen molar-refractivity contribution in [3.8, 4) is 45.5 Å². The molecule has 2 heterocycles. The Hall–Kier alpha value is -6.16. The lowest BCUT2D eigenvalue weighted by Crippen LogP contribution is -2.42. The summed E-state index contributed by atoms with van der Waals surface area (Å²) in [6, 6.07) is 29.1. The summed E-state index contributed by atoms with van der Waals surface area (Å²) in [6.07, 6.45) is 0. The number of pyridine rings is 2. The number of carbonyl (C=O) groups is 2. The van der Waals surface area contributed by atoms with Gasteiger partial charge in [0.2, 0.25) is 0 Å². The molecule has 0 saturated heterocycles. The average Bonchev–Trinajstić information content (AvgIpc) is 3.15. The summed E-state index contributed by atoms with van der Waals surface area (Å²) in [7, 11) is 6.30. The van der Waals surface area contributed by atoms with Crippen molar-refractivity contribution < 1.29 is 28.5 Å². The van der Waals surface area contributed by atoms with Gasteiger partial charge < -0.3 is 29.6 Å². The topological polar surface area (TPSA) is 121 Å². The monoisotopic (exact) mass is 656 g/mol. The maximum absolute atomic E-state index is 13.7. The van der Waals surface area contributed by atoms with Gasteiger partial charge in [-0.05, 0) is 67.6 Å². The fourth-order valence-corrected chi connectivity index (χ4v) is 5.71. The molecule has 1 atom stereocenters. The smallest absolute Gasteiger partial charge is 0.252 e. The van der Waals surface area contributed by atoms with Crippen LogP contribution in [0.1, 0.15) is 27.6 Å². The Balaban J connectivity index is 1.23. The molecule has 49 heavy (non-hydrogen) atoms. The second-order valence-electron chi connectivity index (χ2n) is 11.4. The van der Waals surface area contributed by atoms with Crippen LogP contribution in [-0.4, -0.2) is 62.8 Å². The molecule has 2 aromatic heterocycles. The van der Waals surface area contributed by atoms with Crippen molar-refractivity contribution in [3.63, 3.8) is 0 Å². The Bertz CT molecular complexity index is 2180. The van der Waals surface area contributed by atoms with E-state index in [9.17, 15) is 9.59 Å². The molecule has 0 aliphatic carbocycles. The van der Waals surface area contributed by atoms with Gasteiger partial charge in [-0.3, -0.25) is 9.59 Å². The normalized spacial score (nSPS) is 11.5. The Labute approximate surface area is 284 Å². The molecule has 0 aliphatic heterocycles. The lowest BCUT2D eigenvalue weighted by Gasteiger charge is -2.17. The van der Waals surface area contributed by atoms with Crippen LogP contribution in [0.4, 0.5) is 0 Å². The van der Waals surface area contributed by atoms with E-state index in [-0.39, 0.29) is 18.4 Å². The predicted octanol–water partition coefficient (Wildman–Crippen LogP) is 6.70. The summed E-state index contributed by atoms with van der Waals surface area (Å²) >= 11 is 0. The first kappa shape index (κ1) is 32.8. The molecule has 10 nitrogen and oxygen atoms in total. The standard InChI is InChI=1S/C39H36N4O6/c1-23(41-39(45)29-21-33(43-31-13-9-7-11-27(29)31)25-15-17-35(47-3)37(19-25)49-5)22-40-38(44)28-20-32(42-30-12-8-6-10-26(28)30)24-14-16-34(46-2)36(18-24)48-4/h6-21,23H,22H2,1-5H3,(H,40,44)(H,41,45). The number of nitrogens with zero attached hydrogens (tertiary/aromatic N) is 2. The molecule has 1 unspecified atom stereocenters. The lowest BCUT2D eigenvalue weighted by atomic mass is 10.0. The SMILES string of the molecule is COc1ccc(-c2cc(C(=O)NCC(C)NC(=O)c3cc(-c4ccc(OC)c(OC)c4)nc4ccccc34)c3ccccc3n2)cc1OC. The third-order valence-corrected chi connectivity index (χ3v) is 8.23. The van der Waals surface area contributed by atoms with E-state index in [1.165, 1.54) is 0 Å². The van der Waals surface area contributed by atoms with Crippen molar-refractivity contribution in [2.24, 2.45) is 0 Å². The number of amides is 2. The zero-order chi connectivity index (χ0) is 34.5. The van der Waals surface area contributed by atoms with Gasteiger partial charge in [-0.25, -0.2) is 9.97 Å². The zero-order valence-electron chi connectivity index (χ0n) is 27.9. The van der Waals surface area contributed by atoms with Crippen LogP contribution >= 0.6 is 0 Å². The zero-order valence-corrected chi connectivity index (χ0v) is 27.9. The van der Waals surface area contributed by atoms with Crippen molar-refractivity contribution in [2.75, 3.05) is 35.0 Å². The van der Waals surface area contributed by atoms with E-state index in [2.05, 4.69) is 10.6 Å². The van der Waals surface area contributed by atoms with E-state index in [0.717, 1.165) is 11.1 Å². The minimum Gasteiger partial charge on any atom is -0.493 e. The number of rotatable bonds is 11. The van der Waals surface area contributed by atoms with Crippen molar-refractivity contribution in [2.45, 2.75) is 13.0 Å². The van der Waals surface area contributed by atoms with Crippen LogP contribution in [0, 0.1) is 0 Å². The molecule has 0 saturated carbocycles. The van der Waals surface area contributed by atoms with Gasteiger partial charge >= 0.3 is 0 Å². The van der Waals surface area contributed by atoms with E-state index in [1.54, 1.807) is 52.7 Å². The summed E-state index contributed by atoms with van der Waals surface area (Å²) in [5.74, 6) is 1.74. The highest BCUT2D eigenvalue weighted by molar-refractivity contribution is 6.08. The van der Waals surface area contributed by atoms with E-state index >= 15 is 0 Å². The highest BCUT2D eigenvalue weighted by atomic mass is 16.5. The summed E-state index contributed by atoms with van der Waals surface area (Å²) in [5.41, 5.74) is 5.06. The number of fused-ring (bicyclic) bond motifs is 2. The molecule has 248 valence electrons. The summed E-state index contributed by atoms with van der Waals surface area (Å²) < 4.78 is 21.7. The Morgan fingerprint density at radius 2 is 1.04 bits per heavy atom. The minimum absolute atomic E-state index is 0.193. The second kappa shape index (κ2) is 14.3. The third kappa shape index (κ3) is 6.80. The number of hydrogen-bond donors (Lipinski definition) is 2. The van der Waals surface area contributed by atoms with Gasteiger partial charge in [-0.2, -0.15) is 0 Å². The molecular weight excluding hydrogens is 620 g/mol. The van der Waals surface area contributed by atoms with Gasteiger partial charge in [0.05, 0.1) is 62.0 Å². The molecule has 2 amide bonds. The first-order valence-electron chi connectivity index (χ1n) is 15.7. The molecule has 0 radical (unpaired) electrons. The van der Waals surface area contributed by atoms with Crippen LogP contribution in [0.15, 0.2) is 97.1 Å². The average molecular weight is 657 g/mol. The van der Waals surface area contributed by atoms with Crippen molar-refractivity contribution in [1.29, 1.82) is 0 Å². The van der Waals surface area contributed by atoms with Crippen LogP contribution in [-0.2, 0) is 0 Å². The van der Waals surface area contributed by atoms with Crippen LogP contribution < -0.4 is 29.6 Å². The second-order valence-corrected chi connectivity index (χ2v) is 11.4. The number of benzene rings is 4. The number of ether oxygens (including phenoxy) is 4. The number of para-hydroxylation sites is 2. The predicted molar refractivity (Wildman–Crippen MR) is 190 cm³/mol. The number of carbonyl (C=O) groups excluding carboxylic acids is 2. The molecule has 0 fully saturated rings. The van der Waals surface area contributed by atoms with E-state index in [1.807, 2.05) is 79.7 Å². The van der Waals surface area contributed by atoms with Gasteiger partial charge in [-0.1, -0.05) is 36.4 Å². The summed E-state index contributed by atoms with van der Waals surface area (Å²) in [6.45, 7) is 2.04. The molecule has 2 N–H and O–H groups in total. The number of hydrogen-bond acceptors (Lipinski definition) is 8. The van der Waals surface area contributed by atoms with Crippen LogP contribution in [0.5, 0.6) is 23.0 Å². The molecule has 6 rings (SSSR count). The highest BCUT2D eigenvalue weighted by Gasteiger charge is 2.19. The van der Waals surface area contributed by atoms with Crippen LogP contribution in [0.3, 0.4) is 0 Å². The van der Waals surface area contributed by atoms with Gasteiger partial charge in [-0.15, -0.1) is 0 Å². The summed E-state index contributed by atoms with van der Waals surface area (Å²) in [5, 5.41) is 7.48. The maximum atomic E-state index is 13.7. The van der Waals surface area contributed by atoms with E-state index in [0.29, 0.717) is 67.3 Å². The van der Waals surface area contributed by atoms with E-state index < -0.39 is 6.04 Å². The molecule has 4 aromatic carbocycles. The number of nitrogens with one attached hydrogen (secondary N) is 2. The van der Waals surface area contributed by atoms with Crippen molar-refractivity contribution in [1.82, 2.24) is 20.6 Å². The first-order valence-corrected chi connectivity index (χ1v) is 15.7. The van der Waals surface area contributed by atoms with Crippen molar-refractivity contribution >= 4 is 33.6 Å². The highest BCUT2D eigenvalue weighted by Crippen LogP contribution is 2.34. The molecular formula is C39H36N4O6. The maximum Gasteiger partial charge on any atom is 0.252 e. The molecule has 0 bridgehead atoms. The van der Waals surface area contributed by atoms with Crippen LogP contribution in [0.25, 0.3) is 44.3 Å². The van der Waals surface area contributed by atoms with Gasteiger partial charge in [0.1, 0.15) is 0 Å². The third-order valence-electron chi connectivity index (χ3n) is 8.23. The molecule has 6 aromatic rings. The fourth-order valence-electron chi connectivity index (χ4n) is 5.71. The van der Waals surface area contributed by atoms with Crippen molar-refractivity contribution in [3.05, 3.63) is 108 Å². The number of methoxy groups -OCH3 is 4. The molecule has 10 heteroatoms. The summed E-state index contributed by atoms with van der Waals surface area (Å²) in [4.78, 5) is 37.0. The first-order chi connectivity index (χ1) is 23.8.